The Balaban J connectivity index is 0.000000627. The quantitative estimate of drug-likeness (QED) is 0.368. The first-order valence-corrected chi connectivity index (χ1v) is 13.7. The van der Waals surface area contributed by atoms with Crippen molar-refractivity contribution in [1.82, 2.24) is 15.2 Å². The van der Waals surface area contributed by atoms with Gasteiger partial charge in [-0.15, -0.1) is 0 Å². The molecule has 10 heteroatoms. The van der Waals surface area contributed by atoms with E-state index in [1.807, 2.05) is 84.2 Å². The van der Waals surface area contributed by atoms with Crippen LogP contribution < -0.4 is 5.32 Å². The van der Waals surface area contributed by atoms with E-state index < -0.39 is 24.3 Å². The van der Waals surface area contributed by atoms with E-state index in [0.717, 1.165) is 11.8 Å². The largest absolute Gasteiger partial charge is 0.453 e. The number of esters is 1. The Hall–Kier alpha value is -2.73. The first-order chi connectivity index (χ1) is 19.3. The Bertz CT molecular complexity index is 933. The van der Waals surface area contributed by atoms with Crippen LogP contribution in [0.3, 0.4) is 0 Å². The summed E-state index contributed by atoms with van der Waals surface area (Å²) in [6.07, 6.45) is 1.97. The Morgan fingerprint density at radius 2 is 1.80 bits per heavy atom. The molecule has 2 aromatic rings. The molecule has 6 atom stereocenters. The van der Waals surface area contributed by atoms with E-state index in [0.29, 0.717) is 25.1 Å². The fourth-order valence-electron chi connectivity index (χ4n) is 4.07. The maximum absolute atomic E-state index is 12.7. The number of ether oxygens (including phenoxy) is 4. The lowest BCUT2D eigenvalue weighted by Crippen LogP contribution is -2.59. The number of aromatic nitrogens is 1. The van der Waals surface area contributed by atoms with E-state index in [2.05, 4.69) is 10.3 Å². The zero-order valence-electron chi connectivity index (χ0n) is 24.9. The van der Waals surface area contributed by atoms with Gasteiger partial charge in [-0.05, 0) is 52.8 Å². The van der Waals surface area contributed by atoms with Gasteiger partial charge >= 0.3 is 5.97 Å². The van der Waals surface area contributed by atoms with Crippen molar-refractivity contribution in [1.29, 1.82) is 0 Å². The summed E-state index contributed by atoms with van der Waals surface area (Å²) in [5.74, 6) is -0.539. The summed E-state index contributed by atoms with van der Waals surface area (Å²) >= 11 is 0. The smallest absolute Gasteiger partial charge is 0.340 e. The summed E-state index contributed by atoms with van der Waals surface area (Å²) in [5.41, 5.74) is 1.33. The lowest BCUT2D eigenvalue weighted by Gasteiger charge is -2.42. The Morgan fingerprint density at radius 3 is 2.33 bits per heavy atom. The monoisotopic (exact) mass is 561 g/mol. The summed E-state index contributed by atoms with van der Waals surface area (Å²) in [6.45, 7) is 6.56. The summed E-state index contributed by atoms with van der Waals surface area (Å²) in [5, 5.41) is 12.7. The molecule has 0 amide bonds. The number of benzene rings is 1. The van der Waals surface area contributed by atoms with Crippen molar-refractivity contribution in [3.05, 3.63) is 66.0 Å². The van der Waals surface area contributed by atoms with Gasteiger partial charge in [-0.25, -0.2) is 4.79 Å². The van der Waals surface area contributed by atoms with E-state index in [1.54, 1.807) is 18.3 Å². The number of aliphatic hydroxyl groups is 1. The van der Waals surface area contributed by atoms with Crippen molar-refractivity contribution >= 4 is 12.3 Å². The molecule has 2 aliphatic rings. The topological polar surface area (TPSA) is 119 Å². The van der Waals surface area contributed by atoms with Crippen LogP contribution in [-0.2, 0) is 30.3 Å². The number of aldehydes is 1. The number of likely N-dealkylation sites (N-methyl/N-ethyl adjacent to an activating group) is 1. The van der Waals surface area contributed by atoms with Crippen molar-refractivity contribution < 1.29 is 33.6 Å². The molecular weight excluding hydrogens is 514 g/mol. The number of aliphatic hydroxyl groups excluding tert-OH is 1. The highest BCUT2D eigenvalue weighted by Crippen LogP contribution is 2.36. The second kappa shape index (κ2) is 20.2. The Kier molecular flexibility index (Phi) is 17.8. The molecule has 2 saturated heterocycles. The van der Waals surface area contributed by atoms with Crippen LogP contribution in [0.25, 0.3) is 0 Å². The highest BCUT2D eigenvalue weighted by atomic mass is 16.6. The SMILES string of the molecule is CC.CC1CC2OC(CO)C(OC(=O)c3cccnc3)C(OCc3ccccc3)C2O1.CN(C)CC=O.CNC. The van der Waals surface area contributed by atoms with Crippen LogP contribution in [0, 0.1) is 0 Å². The molecule has 0 saturated carbocycles. The van der Waals surface area contributed by atoms with Crippen molar-refractivity contribution in [2.24, 2.45) is 0 Å². The van der Waals surface area contributed by atoms with Crippen LogP contribution in [0.2, 0.25) is 0 Å². The third kappa shape index (κ3) is 11.8. The third-order valence-electron chi connectivity index (χ3n) is 5.73. The maximum Gasteiger partial charge on any atom is 0.340 e. The van der Waals surface area contributed by atoms with Gasteiger partial charge < -0.3 is 39.1 Å². The van der Waals surface area contributed by atoms with Gasteiger partial charge in [0.15, 0.2) is 6.10 Å². The Labute approximate surface area is 239 Å². The van der Waals surface area contributed by atoms with E-state index in [1.165, 1.54) is 6.20 Å². The molecule has 0 spiro atoms. The molecule has 3 heterocycles. The molecule has 6 unspecified atom stereocenters. The van der Waals surface area contributed by atoms with Crippen molar-refractivity contribution in [2.75, 3.05) is 41.3 Å². The molecule has 4 rings (SSSR count). The third-order valence-corrected chi connectivity index (χ3v) is 5.73. The first-order valence-electron chi connectivity index (χ1n) is 13.7. The second-order valence-corrected chi connectivity index (χ2v) is 9.34. The number of fused-ring (bicyclic) bond motifs is 1. The van der Waals surface area contributed by atoms with Crippen LogP contribution in [-0.4, -0.2) is 105 Å². The summed E-state index contributed by atoms with van der Waals surface area (Å²) < 4.78 is 24.0. The minimum atomic E-state index is -0.803. The molecule has 40 heavy (non-hydrogen) atoms. The van der Waals surface area contributed by atoms with Crippen LogP contribution in [0.4, 0.5) is 0 Å². The molecule has 10 nitrogen and oxygen atoms in total. The fourth-order valence-corrected chi connectivity index (χ4v) is 4.07. The van der Waals surface area contributed by atoms with E-state index >= 15 is 0 Å². The number of nitrogens with zero attached hydrogens (tertiary/aromatic N) is 2. The molecule has 2 aliphatic heterocycles. The number of rotatable bonds is 8. The Morgan fingerprint density at radius 1 is 1.12 bits per heavy atom. The van der Waals surface area contributed by atoms with Crippen LogP contribution in [0.5, 0.6) is 0 Å². The number of hydrogen-bond acceptors (Lipinski definition) is 10. The summed E-state index contributed by atoms with van der Waals surface area (Å²) in [7, 11) is 7.46. The number of carbonyl (C=O) groups excluding carboxylic acids is 2. The summed E-state index contributed by atoms with van der Waals surface area (Å²) in [6, 6.07) is 13.1. The van der Waals surface area contributed by atoms with Crippen LogP contribution in [0.1, 0.15) is 43.1 Å². The highest BCUT2D eigenvalue weighted by Gasteiger charge is 2.52. The first kappa shape index (κ1) is 35.3. The minimum Gasteiger partial charge on any atom is -0.453 e. The van der Waals surface area contributed by atoms with Crippen LogP contribution in [0.15, 0.2) is 54.9 Å². The van der Waals surface area contributed by atoms with Gasteiger partial charge in [0.25, 0.3) is 0 Å². The maximum atomic E-state index is 12.7. The van der Waals surface area contributed by atoms with Crippen molar-refractivity contribution in [3.63, 3.8) is 0 Å². The van der Waals surface area contributed by atoms with Gasteiger partial charge in [-0.1, -0.05) is 44.2 Å². The predicted molar refractivity (Wildman–Crippen MR) is 154 cm³/mol. The van der Waals surface area contributed by atoms with Crippen LogP contribution >= 0.6 is 0 Å². The minimum absolute atomic E-state index is 0.0000528. The number of carbonyl (C=O) groups is 2. The normalized spacial score (nSPS) is 24.6. The van der Waals surface area contributed by atoms with Gasteiger partial charge in [0.05, 0.1) is 37.5 Å². The molecule has 2 N–H and O–H groups in total. The molecule has 0 aliphatic carbocycles. The average Bonchev–Trinajstić information content (AvgIpc) is 3.34. The van der Waals surface area contributed by atoms with E-state index in [4.69, 9.17) is 18.9 Å². The molecule has 2 fully saturated rings. The van der Waals surface area contributed by atoms with E-state index in [9.17, 15) is 14.7 Å². The average molecular weight is 562 g/mol. The van der Waals surface area contributed by atoms with Gasteiger partial charge in [-0.3, -0.25) is 4.98 Å². The predicted octanol–water partition coefficient (Wildman–Crippen LogP) is 2.74. The lowest BCUT2D eigenvalue weighted by atomic mass is 9.94. The highest BCUT2D eigenvalue weighted by molar-refractivity contribution is 5.89. The molecule has 0 radical (unpaired) electrons. The fraction of sp³-hybridized carbons (Fsp3) is 0.567. The molecule has 1 aromatic carbocycles. The van der Waals surface area contributed by atoms with Gasteiger partial charge in [-0.2, -0.15) is 0 Å². The second-order valence-electron chi connectivity index (χ2n) is 9.34. The molecule has 224 valence electrons. The standard InChI is InChI=1S/C22H25NO6.C4H9NO.C2H7N.C2H6/c1-14-10-17-19(27-14)21(26-13-15-6-3-2-4-7-15)20(18(12-24)28-17)29-22(25)16-8-5-9-23-11-16;1-5(2)3-4-6;1-3-2;1-2/h2-9,11,14,17-21,24H,10,12-13H2,1H3;4H,3H2,1-2H3;3H,1-2H3;1-2H3. The lowest BCUT2D eigenvalue weighted by molar-refractivity contribution is -0.233. The zero-order chi connectivity index (χ0) is 29.9. The number of pyridine rings is 1. The number of hydrogen-bond donors (Lipinski definition) is 2. The summed E-state index contributed by atoms with van der Waals surface area (Å²) in [4.78, 5) is 28.0. The molecular formula is C30H47N3O7. The van der Waals surface area contributed by atoms with Crippen molar-refractivity contribution in [3.8, 4) is 0 Å². The molecule has 0 bridgehead atoms. The molecule has 1 aromatic heterocycles. The van der Waals surface area contributed by atoms with Gasteiger partial charge in [0.1, 0.15) is 24.6 Å². The van der Waals surface area contributed by atoms with Gasteiger partial charge in [0.2, 0.25) is 0 Å². The number of nitrogens with one attached hydrogen (secondary N) is 1. The van der Waals surface area contributed by atoms with Crippen molar-refractivity contribution in [2.45, 2.75) is 70.4 Å². The van der Waals surface area contributed by atoms with E-state index in [-0.39, 0.29) is 24.9 Å². The van der Waals surface area contributed by atoms with Gasteiger partial charge in [0, 0.05) is 18.8 Å². The zero-order valence-corrected chi connectivity index (χ0v) is 24.9.